The zero-order valence-corrected chi connectivity index (χ0v) is 16.0. The lowest BCUT2D eigenvalue weighted by atomic mass is 9.99. The van der Waals surface area contributed by atoms with E-state index in [1.807, 2.05) is 0 Å². The predicted octanol–water partition coefficient (Wildman–Crippen LogP) is 0.0499. The van der Waals surface area contributed by atoms with Crippen molar-refractivity contribution >= 4 is 11.0 Å². The first-order valence-electron chi connectivity index (χ1n) is 9.35. The standard InChI is InChI=1S/C21H20O10/c22-7-15-18(26)19(27)20(28)21(31-15)30-11-5-13(24)16-14(6-11)29-8-12(17(16)25)9-1-3-10(23)4-2-9/h1-6,8,15,18-24,26-28H,7H2/t15?,18-,19+,20?,21-/m1/s1. The molecule has 5 atom stereocenters. The van der Waals surface area contributed by atoms with Gasteiger partial charge in [-0.1, -0.05) is 12.1 Å². The number of benzene rings is 2. The van der Waals surface area contributed by atoms with Gasteiger partial charge >= 0.3 is 0 Å². The molecule has 1 aliphatic rings. The molecule has 1 aliphatic heterocycles. The van der Waals surface area contributed by atoms with E-state index >= 15 is 0 Å². The lowest BCUT2D eigenvalue weighted by molar-refractivity contribution is -0.277. The molecule has 0 aliphatic carbocycles. The molecule has 0 spiro atoms. The summed E-state index contributed by atoms with van der Waals surface area (Å²) in [6.45, 7) is -0.622. The molecule has 1 aromatic heterocycles. The summed E-state index contributed by atoms with van der Waals surface area (Å²) in [5.41, 5.74) is 0.135. The quantitative estimate of drug-likeness (QED) is 0.331. The number of phenolic OH excluding ortho intramolecular Hbond substituents is 2. The Morgan fingerprint density at radius 2 is 1.68 bits per heavy atom. The Labute approximate surface area is 174 Å². The van der Waals surface area contributed by atoms with Crippen molar-refractivity contribution in [2.75, 3.05) is 6.61 Å². The van der Waals surface area contributed by atoms with Gasteiger partial charge in [0.2, 0.25) is 11.7 Å². The minimum absolute atomic E-state index is 0.00730. The Bertz CT molecular complexity index is 1140. The zero-order chi connectivity index (χ0) is 22.3. The van der Waals surface area contributed by atoms with E-state index in [9.17, 15) is 35.4 Å². The molecule has 10 heteroatoms. The smallest absolute Gasteiger partial charge is 0.229 e. The van der Waals surface area contributed by atoms with E-state index in [0.29, 0.717) is 5.56 Å². The van der Waals surface area contributed by atoms with Crippen LogP contribution in [-0.2, 0) is 4.74 Å². The normalized spacial score (nSPS) is 26.1. The molecule has 164 valence electrons. The summed E-state index contributed by atoms with van der Waals surface area (Å²) in [4.78, 5) is 12.9. The molecule has 1 saturated heterocycles. The first-order chi connectivity index (χ1) is 14.8. The molecule has 0 amide bonds. The number of aliphatic hydroxyl groups is 4. The molecule has 2 unspecified atom stereocenters. The maximum atomic E-state index is 12.9. The summed E-state index contributed by atoms with van der Waals surface area (Å²) < 4.78 is 16.2. The van der Waals surface area contributed by atoms with Gasteiger partial charge in [0, 0.05) is 12.1 Å². The minimum Gasteiger partial charge on any atom is -0.508 e. The van der Waals surface area contributed by atoms with Crippen LogP contribution in [0.25, 0.3) is 22.1 Å². The molecule has 3 aromatic rings. The van der Waals surface area contributed by atoms with Crippen LogP contribution in [0.15, 0.2) is 51.9 Å². The van der Waals surface area contributed by atoms with Crippen molar-refractivity contribution in [1.29, 1.82) is 0 Å². The SMILES string of the molecule is O=c1c(-c2ccc(O)cc2)coc2cc(O[C@@H]3OC(CO)[C@@H](O)[C@H](O)C3O)cc(O)c12. The number of aliphatic hydroxyl groups excluding tert-OH is 4. The lowest BCUT2D eigenvalue weighted by Gasteiger charge is -2.39. The number of hydrogen-bond donors (Lipinski definition) is 6. The lowest BCUT2D eigenvalue weighted by Crippen LogP contribution is -2.60. The van der Waals surface area contributed by atoms with Gasteiger partial charge in [0.1, 0.15) is 58.9 Å². The fraction of sp³-hybridized carbons (Fsp3) is 0.286. The van der Waals surface area contributed by atoms with Crippen molar-refractivity contribution in [2.45, 2.75) is 30.7 Å². The molecule has 0 radical (unpaired) electrons. The summed E-state index contributed by atoms with van der Waals surface area (Å²) >= 11 is 0. The molecular weight excluding hydrogens is 412 g/mol. The summed E-state index contributed by atoms with van der Waals surface area (Å²) in [6, 6.07) is 8.29. The highest BCUT2D eigenvalue weighted by molar-refractivity contribution is 5.88. The van der Waals surface area contributed by atoms with Crippen LogP contribution in [0.3, 0.4) is 0 Å². The van der Waals surface area contributed by atoms with E-state index in [1.54, 1.807) is 0 Å². The number of fused-ring (bicyclic) bond motifs is 1. The maximum absolute atomic E-state index is 12.9. The number of hydrogen-bond acceptors (Lipinski definition) is 10. The van der Waals surface area contributed by atoms with Gasteiger partial charge < -0.3 is 44.5 Å². The van der Waals surface area contributed by atoms with E-state index in [-0.39, 0.29) is 28.0 Å². The molecule has 31 heavy (non-hydrogen) atoms. The molecule has 2 aromatic carbocycles. The van der Waals surface area contributed by atoms with Gasteiger partial charge in [-0.2, -0.15) is 0 Å². The molecule has 0 saturated carbocycles. The maximum Gasteiger partial charge on any atom is 0.229 e. The van der Waals surface area contributed by atoms with Crippen LogP contribution in [0.4, 0.5) is 0 Å². The van der Waals surface area contributed by atoms with Crippen molar-refractivity contribution in [2.24, 2.45) is 0 Å². The Hall–Kier alpha value is -3.15. The average molecular weight is 432 g/mol. The second-order valence-corrected chi connectivity index (χ2v) is 7.16. The van der Waals surface area contributed by atoms with Gasteiger partial charge in [-0.3, -0.25) is 4.79 Å². The third-order valence-corrected chi connectivity index (χ3v) is 5.11. The third kappa shape index (κ3) is 3.82. The topological polar surface area (TPSA) is 170 Å². The summed E-state index contributed by atoms with van der Waals surface area (Å²) in [5, 5.41) is 58.8. The van der Waals surface area contributed by atoms with Gasteiger partial charge in [0.05, 0.1) is 12.2 Å². The van der Waals surface area contributed by atoms with Crippen LogP contribution in [0.1, 0.15) is 0 Å². The highest BCUT2D eigenvalue weighted by atomic mass is 16.7. The largest absolute Gasteiger partial charge is 0.508 e. The van der Waals surface area contributed by atoms with Gasteiger partial charge in [-0.15, -0.1) is 0 Å². The Balaban J connectivity index is 1.68. The van der Waals surface area contributed by atoms with Crippen LogP contribution in [0.5, 0.6) is 17.2 Å². The number of ether oxygens (including phenoxy) is 2. The van der Waals surface area contributed by atoms with Crippen LogP contribution >= 0.6 is 0 Å². The second kappa shape index (κ2) is 8.17. The molecule has 10 nitrogen and oxygen atoms in total. The highest BCUT2D eigenvalue weighted by Crippen LogP contribution is 2.32. The zero-order valence-electron chi connectivity index (χ0n) is 16.0. The Kier molecular flexibility index (Phi) is 5.56. The Morgan fingerprint density at radius 3 is 2.35 bits per heavy atom. The first kappa shape index (κ1) is 21.1. The van der Waals surface area contributed by atoms with Crippen molar-refractivity contribution in [1.82, 2.24) is 0 Å². The van der Waals surface area contributed by atoms with Crippen LogP contribution in [0, 0.1) is 0 Å². The summed E-state index contributed by atoms with van der Waals surface area (Å²) in [6.07, 6.45) is -6.23. The number of rotatable bonds is 4. The van der Waals surface area contributed by atoms with Crippen molar-refractivity contribution in [3.8, 4) is 28.4 Å². The van der Waals surface area contributed by atoms with Crippen molar-refractivity contribution in [3.05, 3.63) is 52.9 Å². The van der Waals surface area contributed by atoms with Crippen LogP contribution < -0.4 is 10.2 Å². The molecule has 1 fully saturated rings. The molecule has 2 heterocycles. The number of aromatic hydroxyl groups is 2. The minimum atomic E-state index is -1.64. The molecule has 4 rings (SSSR count). The fourth-order valence-corrected chi connectivity index (χ4v) is 3.41. The van der Waals surface area contributed by atoms with Crippen molar-refractivity contribution < 1.29 is 44.5 Å². The summed E-state index contributed by atoms with van der Waals surface area (Å²) in [7, 11) is 0. The Morgan fingerprint density at radius 1 is 0.968 bits per heavy atom. The van der Waals surface area contributed by atoms with E-state index < -0.39 is 48.5 Å². The fourth-order valence-electron chi connectivity index (χ4n) is 3.41. The summed E-state index contributed by atoms with van der Waals surface area (Å²) in [5.74, 6) is -0.465. The van der Waals surface area contributed by atoms with Crippen LogP contribution in [-0.4, -0.2) is 68.0 Å². The molecular formula is C21H20O10. The first-order valence-corrected chi connectivity index (χ1v) is 9.35. The van der Waals surface area contributed by atoms with E-state index in [4.69, 9.17) is 13.9 Å². The highest BCUT2D eigenvalue weighted by Gasteiger charge is 2.44. The van der Waals surface area contributed by atoms with Crippen LogP contribution in [0.2, 0.25) is 0 Å². The molecule has 6 N–H and O–H groups in total. The van der Waals surface area contributed by atoms with E-state index in [0.717, 1.165) is 6.07 Å². The van der Waals surface area contributed by atoms with E-state index in [2.05, 4.69) is 0 Å². The van der Waals surface area contributed by atoms with Crippen molar-refractivity contribution in [3.63, 3.8) is 0 Å². The van der Waals surface area contributed by atoms with Gasteiger partial charge in [0.25, 0.3) is 0 Å². The monoisotopic (exact) mass is 432 g/mol. The third-order valence-electron chi connectivity index (χ3n) is 5.11. The van der Waals surface area contributed by atoms with E-state index in [1.165, 1.54) is 36.6 Å². The predicted molar refractivity (Wildman–Crippen MR) is 106 cm³/mol. The second-order valence-electron chi connectivity index (χ2n) is 7.16. The molecule has 0 bridgehead atoms. The average Bonchev–Trinajstić information content (AvgIpc) is 2.75. The number of phenols is 2. The van der Waals surface area contributed by atoms with Gasteiger partial charge in [0.15, 0.2) is 0 Å². The van der Waals surface area contributed by atoms with Gasteiger partial charge in [-0.25, -0.2) is 0 Å². The van der Waals surface area contributed by atoms with Gasteiger partial charge in [-0.05, 0) is 17.7 Å².